The van der Waals surface area contributed by atoms with Gasteiger partial charge in [-0.05, 0) is 88.5 Å². The molecule has 0 aromatic heterocycles. The van der Waals surface area contributed by atoms with Gasteiger partial charge in [-0.2, -0.15) is 0 Å². The Morgan fingerprint density at radius 2 is 1.79 bits per heavy atom. The standard InChI is InChI=1S/C30H39N3/c1-5-10-29(11-6-2)33(30-12-8-7-9-13-30)23-22-32-20-18-27(19-21-32)24-26(4)31-28-16-14-25(3)15-17-28/h5-17,27,31H,1,4,18-24H2,2-3H3/b11-6-,29-10+. The quantitative estimate of drug-likeness (QED) is 0.373. The van der Waals surface area contributed by atoms with Crippen LogP contribution in [0.2, 0.25) is 0 Å². The van der Waals surface area contributed by atoms with Crippen LogP contribution in [0.3, 0.4) is 0 Å². The third-order valence-corrected chi connectivity index (χ3v) is 6.26. The smallest absolute Gasteiger partial charge is 0.0411 e. The first-order valence-electron chi connectivity index (χ1n) is 12.1. The third-order valence-electron chi connectivity index (χ3n) is 6.26. The summed E-state index contributed by atoms with van der Waals surface area (Å²) < 4.78 is 0. The molecule has 0 saturated carbocycles. The summed E-state index contributed by atoms with van der Waals surface area (Å²) in [5.41, 5.74) is 5.93. The monoisotopic (exact) mass is 441 g/mol. The summed E-state index contributed by atoms with van der Waals surface area (Å²) in [6, 6.07) is 19.2. The van der Waals surface area contributed by atoms with E-state index in [2.05, 4.69) is 115 Å². The number of hydrogen-bond donors (Lipinski definition) is 1. The molecule has 2 aromatic rings. The normalized spacial score (nSPS) is 15.5. The lowest BCUT2D eigenvalue weighted by Gasteiger charge is -2.35. The fraction of sp³-hybridized carbons (Fsp3) is 0.333. The van der Waals surface area contributed by atoms with Gasteiger partial charge in [-0.1, -0.05) is 61.2 Å². The summed E-state index contributed by atoms with van der Waals surface area (Å²) in [4.78, 5) is 4.99. The maximum Gasteiger partial charge on any atom is 0.0411 e. The van der Waals surface area contributed by atoms with Crippen molar-refractivity contribution < 1.29 is 0 Å². The van der Waals surface area contributed by atoms with Crippen molar-refractivity contribution in [3.8, 4) is 0 Å². The molecule has 0 unspecified atom stereocenters. The molecule has 3 nitrogen and oxygen atoms in total. The highest BCUT2D eigenvalue weighted by molar-refractivity contribution is 5.55. The van der Waals surface area contributed by atoms with Crippen LogP contribution in [-0.2, 0) is 0 Å². The summed E-state index contributed by atoms with van der Waals surface area (Å²) >= 11 is 0. The number of para-hydroxylation sites is 1. The number of piperidine rings is 1. The second kappa shape index (κ2) is 12.9. The predicted molar refractivity (Wildman–Crippen MR) is 145 cm³/mol. The highest BCUT2D eigenvalue weighted by Gasteiger charge is 2.21. The summed E-state index contributed by atoms with van der Waals surface area (Å²) in [5.74, 6) is 0.705. The molecule has 0 atom stereocenters. The van der Waals surface area contributed by atoms with Gasteiger partial charge in [0, 0.05) is 35.9 Å². The zero-order valence-electron chi connectivity index (χ0n) is 20.3. The Hall–Kier alpha value is -3.04. The van der Waals surface area contributed by atoms with Gasteiger partial charge in [0.05, 0.1) is 0 Å². The zero-order valence-corrected chi connectivity index (χ0v) is 20.3. The Morgan fingerprint density at radius 3 is 2.42 bits per heavy atom. The Bertz CT molecular complexity index is 932. The van der Waals surface area contributed by atoms with E-state index in [1.54, 1.807) is 0 Å². The molecular formula is C30H39N3. The van der Waals surface area contributed by atoms with Crippen molar-refractivity contribution in [1.82, 2.24) is 4.90 Å². The average molecular weight is 442 g/mol. The molecule has 1 heterocycles. The van der Waals surface area contributed by atoms with Gasteiger partial charge in [-0.15, -0.1) is 0 Å². The summed E-state index contributed by atoms with van der Waals surface area (Å²) in [6.45, 7) is 16.7. The minimum absolute atomic E-state index is 0.705. The first-order valence-corrected chi connectivity index (χ1v) is 12.1. The summed E-state index contributed by atoms with van der Waals surface area (Å²) in [7, 11) is 0. The summed E-state index contributed by atoms with van der Waals surface area (Å²) in [6.07, 6.45) is 11.7. The van der Waals surface area contributed by atoms with Gasteiger partial charge in [0.25, 0.3) is 0 Å². The van der Waals surface area contributed by atoms with Crippen molar-refractivity contribution in [3.63, 3.8) is 0 Å². The number of rotatable bonds is 11. The SMILES string of the molecule is C=C/C=C(\C=C/C)N(CCN1CCC(CC(=C)Nc2ccc(C)cc2)CC1)c1ccccc1. The van der Waals surface area contributed by atoms with Crippen molar-refractivity contribution in [2.75, 3.05) is 36.4 Å². The molecule has 1 saturated heterocycles. The van der Waals surface area contributed by atoms with Crippen LogP contribution < -0.4 is 10.2 Å². The number of aryl methyl sites for hydroxylation is 1. The fourth-order valence-electron chi connectivity index (χ4n) is 4.44. The zero-order chi connectivity index (χ0) is 23.5. The Kier molecular flexibility index (Phi) is 9.59. The van der Waals surface area contributed by atoms with Crippen LogP contribution >= 0.6 is 0 Å². The molecule has 3 rings (SSSR count). The van der Waals surface area contributed by atoms with Crippen LogP contribution in [0.5, 0.6) is 0 Å². The van der Waals surface area contributed by atoms with Gasteiger partial charge in [-0.3, -0.25) is 0 Å². The second-order valence-electron chi connectivity index (χ2n) is 8.90. The van der Waals surface area contributed by atoms with Gasteiger partial charge in [-0.25, -0.2) is 0 Å². The topological polar surface area (TPSA) is 18.5 Å². The van der Waals surface area contributed by atoms with E-state index in [0.717, 1.165) is 44.0 Å². The van der Waals surface area contributed by atoms with Gasteiger partial charge >= 0.3 is 0 Å². The number of nitrogens with one attached hydrogen (secondary N) is 1. The van der Waals surface area contributed by atoms with Gasteiger partial charge < -0.3 is 15.1 Å². The minimum atomic E-state index is 0.705. The molecule has 0 radical (unpaired) electrons. The minimum Gasteiger partial charge on any atom is -0.359 e. The molecule has 1 fully saturated rings. The van der Waals surface area contributed by atoms with E-state index in [-0.39, 0.29) is 0 Å². The molecule has 2 aromatic carbocycles. The number of allylic oxidation sites excluding steroid dienone is 5. The number of anilines is 2. The van der Waals surface area contributed by atoms with E-state index in [1.165, 1.54) is 29.8 Å². The second-order valence-corrected chi connectivity index (χ2v) is 8.90. The van der Waals surface area contributed by atoms with Crippen LogP contribution in [0, 0.1) is 12.8 Å². The van der Waals surface area contributed by atoms with E-state index in [4.69, 9.17) is 0 Å². The maximum atomic E-state index is 4.28. The molecule has 1 aliphatic rings. The Balaban J connectivity index is 1.50. The largest absolute Gasteiger partial charge is 0.359 e. The first-order chi connectivity index (χ1) is 16.1. The van der Waals surface area contributed by atoms with E-state index in [0.29, 0.717) is 5.92 Å². The van der Waals surface area contributed by atoms with Crippen LogP contribution in [0.15, 0.2) is 103 Å². The van der Waals surface area contributed by atoms with Gasteiger partial charge in [0.2, 0.25) is 0 Å². The van der Waals surface area contributed by atoms with Crippen molar-refractivity contribution in [3.05, 3.63) is 109 Å². The molecule has 0 amide bonds. The molecule has 174 valence electrons. The Labute approximate surface area is 200 Å². The number of nitrogens with zero attached hydrogens (tertiary/aromatic N) is 2. The number of hydrogen-bond acceptors (Lipinski definition) is 3. The molecule has 0 spiro atoms. The van der Waals surface area contributed by atoms with E-state index in [9.17, 15) is 0 Å². The molecular weight excluding hydrogens is 402 g/mol. The molecule has 33 heavy (non-hydrogen) atoms. The van der Waals surface area contributed by atoms with E-state index < -0.39 is 0 Å². The van der Waals surface area contributed by atoms with Gasteiger partial charge in [0.1, 0.15) is 0 Å². The lowest BCUT2D eigenvalue weighted by atomic mass is 9.92. The van der Waals surface area contributed by atoms with Gasteiger partial charge in [0.15, 0.2) is 0 Å². The van der Waals surface area contributed by atoms with Crippen LogP contribution in [-0.4, -0.2) is 31.1 Å². The van der Waals surface area contributed by atoms with Crippen molar-refractivity contribution in [1.29, 1.82) is 0 Å². The maximum absolute atomic E-state index is 4.28. The number of likely N-dealkylation sites (tertiary alicyclic amines) is 1. The molecule has 1 N–H and O–H groups in total. The summed E-state index contributed by atoms with van der Waals surface area (Å²) in [5, 5.41) is 3.49. The fourth-order valence-corrected chi connectivity index (χ4v) is 4.44. The Morgan fingerprint density at radius 1 is 1.09 bits per heavy atom. The van der Waals surface area contributed by atoms with E-state index in [1.807, 2.05) is 6.08 Å². The lowest BCUT2D eigenvalue weighted by Crippen LogP contribution is -2.39. The molecule has 0 bridgehead atoms. The highest BCUT2D eigenvalue weighted by atomic mass is 15.2. The first kappa shape index (κ1) is 24.6. The van der Waals surface area contributed by atoms with Crippen LogP contribution in [0.4, 0.5) is 11.4 Å². The average Bonchev–Trinajstić information content (AvgIpc) is 2.83. The highest BCUT2D eigenvalue weighted by Crippen LogP contribution is 2.25. The number of benzene rings is 2. The predicted octanol–water partition coefficient (Wildman–Crippen LogP) is 7.18. The third kappa shape index (κ3) is 7.80. The molecule has 3 heteroatoms. The van der Waals surface area contributed by atoms with Crippen molar-refractivity contribution in [2.24, 2.45) is 5.92 Å². The lowest BCUT2D eigenvalue weighted by molar-refractivity contribution is 0.188. The molecule has 1 aliphatic heterocycles. The van der Waals surface area contributed by atoms with E-state index >= 15 is 0 Å². The van der Waals surface area contributed by atoms with Crippen LogP contribution in [0.1, 0.15) is 31.7 Å². The molecule has 0 aliphatic carbocycles. The van der Waals surface area contributed by atoms with Crippen molar-refractivity contribution in [2.45, 2.75) is 33.1 Å². The van der Waals surface area contributed by atoms with Crippen LogP contribution in [0.25, 0.3) is 0 Å². The van der Waals surface area contributed by atoms with Crippen molar-refractivity contribution >= 4 is 11.4 Å².